The fourth-order valence-electron chi connectivity index (χ4n) is 4.91. The van der Waals surface area contributed by atoms with E-state index < -0.39 is 0 Å². The van der Waals surface area contributed by atoms with Crippen molar-refractivity contribution in [3.8, 4) is 23.0 Å². The third-order valence-electron chi connectivity index (χ3n) is 7.30. The minimum Gasteiger partial charge on any atom is -0.454 e. The molecule has 2 amide bonds. The Hall–Kier alpha value is -4.71. The van der Waals surface area contributed by atoms with E-state index >= 15 is 0 Å². The summed E-state index contributed by atoms with van der Waals surface area (Å²) in [5.74, 6) is 2.26. The number of benzene rings is 3. The van der Waals surface area contributed by atoms with E-state index in [0.29, 0.717) is 64.3 Å². The summed E-state index contributed by atoms with van der Waals surface area (Å²) in [6.07, 6.45) is 0. The van der Waals surface area contributed by atoms with E-state index in [1.54, 1.807) is 45.9 Å². The number of carbonyl (C=O) groups excluding carboxylic acids is 2. The van der Waals surface area contributed by atoms with Crippen LogP contribution in [-0.2, 0) is 17.9 Å². The van der Waals surface area contributed by atoms with Crippen LogP contribution in [0, 0.1) is 0 Å². The quantitative estimate of drug-likeness (QED) is 0.213. The van der Waals surface area contributed by atoms with Crippen LogP contribution in [0.25, 0.3) is 10.9 Å². The number of carbonyl (C=O) groups is 2. The van der Waals surface area contributed by atoms with Crippen molar-refractivity contribution in [1.29, 1.82) is 0 Å². The zero-order chi connectivity index (χ0) is 29.9. The van der Waals surface area contributed by atoms with E-state index in [-0.39, 0.29) is 43.3 Å². The number of hydrogen-bond donors (Lipinski definition) is 1. The van der Waals surface area contributed by atoms with Crippen LogP contribution in [0.3, 0.4) is 0 Å². The Morgan fingerprint density at radius 1 is 0.884 bits per heavy atom. The number of thioether (sulfide) groups is 1. The predicted octanol–water partition coefficient (Wildman–Crippen LogP) is 3.79. The maximum Gasteiger partial charge on any atom is 0.262 e. The lowest BCUT2D eigenvalue weighted by molar-refractivity contribution is -0.127. The minimum absolute atomic E-state index is 0.0299. The summed E-state index contributed by atoms with van der Waals surface area (Å²) in [4.78, 5) is 45.8. The summed E-state index contributed by atoms with van der Waals surface area (Å²) >= 11 is 1.22. The van der Waals surface area contributed by atoms with Crippen molar-refractivity contribution in [2.24, 2.45) is 0 Å². The zero-order valence-corrected chi connectivity index (χ0v) is 24.6. The van der Waals surface area contributed by atoms with Gasteiger partial charge in [0.25, 0.3) is 11.5 Å². The van der Waals surface area contributed by atoms with Crippen LogP contribution in [-0.4, -0.2) is 58.7 Å². The topological polar surface area (TPSA) is 121 Å². The van der Waals surface area contributed by atoms with Crippen LogP contribution < -0.4 is 29.8 Å². The smallest absolute Gasteiger partial charge is 0.262 e. The summed E-state index contributed by atoms with van der Waals surface area (Å²) in [5, 5.41) is 3.73. The largest absolute Gasteiger partial charge is 0.454 e. The molecule has 222 valence electrons. The fourth-order valence-corrected chi connectivity index (χ4v) is 5.81. The third-order valence-corrected chi connectivity index (χ3v) is 8.26. The lowest BCUT2D eigenvalue weighted by atomic mass is 10.1. The van der Waals surface area contributed by atoms with Gasteiger partial charge in [-0.2, -0.15) is 0 Å². The first-order valence-corrected chi connectivity index (χ1v) is 14.9. The summed E-state index contributed by atoms with van der Waals surface area (Å²) in [7, 11) is 0. The van der Waals surface area contributed by atoms with Crippen molar-refractivity contribution in [2.45, 2.75) is 32.1 Å². The van der Waals surface area contributed by atoms with Gasteiger partial charge in [-0.25, -0.2) is 4.98 Å². The van der Waals surface area contributed by atoms with Gasteiger partial charge in [-0.15, -0.1) is 0 Å². The molecule has 1 aromatic heterocycles. The van der Waals surface area contributed by atoms with Gasteiger partial charge in [-0.3, -0.25) is 19.0 Å². The molecule has 6 rings (SSSR count). The van der Waals surface area contributed by atoms with Crippen molar-refractivity contribution >= 4 is 34.5 Å². The molecule has 0 radical (unpaired) electrons. The second kappa shape index (κ2) is 12.3. The molecular formula is C31H30N4O7S. The van der Waals surface area contributed by atoms with Crippen LogP contribution in [0.2, 0.25) is 0 Å². The average molecular weight is 603 g/mol. The Kier molecular flexibility index (Phi) is 8.10. The number of ether oxygens (including phenoxy) is 4. The molecule has 1 N–H and O–H groups in total. The van der Waals surface area contributed by atoms with Crippen LogP contribution >= 0.6 is 11.8 Å². The number of aromatic nitrogens is 2. The number of amides is 2. The van der Waals surface area contributed by atoms with E-state index in [2.05, 4.69) is 5.32 Å². The van der Waals surface area contributed by atoms with E-state index in [1.165, 1.54) is 11.8 Å². The van der Waals surface area contributed by atoms with Gasteiger partial charge in [0.05, 0.1) is 23.2 Å². The third kappa shape index (κ3) is 5.96. The van der Waals surface area contributed by atoms with Crippen molar-refractivity contribution in [2.75, 3.05) is 32.4 Å². The molecule has 0 saturated heterocycles. The predicted molar refractivity (Wildman–Crippen MR) is 160 cm³/mol. The highest BCUT2D eigenvalue weighted by Crippen LogP contribution is 2.35. The molecule has 0 fully saturated rings. The summed E-state index contributed by atoms with van der Waals surface area (Å²) < 4.78 is 23.3. The lowest BCUT2D eigenvalue weighted by Gasteiger charge is -2.19. The molecule has 3 aromatic carbocycles. The van der Waals surface area contributed by atoms with Gasteiger partial charge >= 0.3 is 0 Å². The van der Waals surface area contributed by atoms with Crippen molar-refractivity contribution < 1.29 is 28.5 Å². The van der Waals surface area contributed by atoms with Crippen molar-refractivity contribution in [1.82, 2.24) is 19.8 Å². The molecular weight excluding hydrogens is 572 g/mol. The Bertz CT molecular complexity index is 1750. The van der Waals surface area contributed by atoms with Crippen LogP contribution in [0.1, 0.15) is 35.3 Å². The monoisotopic (exact) mass is 602 g/mol. The molecule has 2 aliphatic rings. The maximum atomic E-state index is 13.7. The average Bonchev–Trinajstić information content (AvgIpc) is 3.69. The Labute approximate surface area is 251 Å². The van der Waals surface area contributed by atoms with Gasteiger partial charge in [-0.1, -0.05) is 30.0 Å². The second-order valence-electron chi connectivity index (χ2n) is 9.93. The number of rotatable bonds is 10. The molecule has 0 unspecified atom stereocenters. The van der Waals surface area contributed by atoms with Crippen LogP contribution in [0.4, 0.5) is 0 Å². The summed E-state index contributed by atoms with van der Waals surface area (Å²) in [5.41, 5.74) is 2.39. The summed E-state index contributed by atoms with van der Waals surface area (Å²) in [6.45, 7) is 5.88. The van der Waals surface area contributed by atoms with Gasteiger partial charge in [0.1, 0.15) is 0 Å². The molecule has 0 aliphatic carbocycles. The maximum absolute atomic E-state index is 13.7. The van der Waals surface area contributed by atoms with Crippen LogP contribution in [0.5, 0.6) is 23.0 Å². The molecule has 0 saturated carbocycles. The Morgan fingerprint density at radius 3 is 2.26 bits per heavy atom. The first-order chi connectivity index (χ1) is 20.9. The fraction of sp³-hybridized carbons (Fsp3) is 0.290. The van der Waals surface area contributed by atoms with Gasteiger partial charge in [0.15, 0.2) is 28.2 Å². The molecule has 3 heterocycles. The van der Waals surface area contributed by atoms with Crippen molar-refractivity contribution in [3.05, 3.63) is 81.6 Å². The molecule has 43 heavy (non-hydrogen) atoms. The first-order valence-electron chi connectivity index (χ1n) is 13.9. The number of hydrogen-bond acceptors (Lipinski definition) is 9. The first kappa shape index (κ1) is 28.4. The van der Waals surface area contributed by atoms with E-state index in [0.717, 1.165) is 11.1 Å². The normalized spacial score (nSPS) is 12.9. The van der Waals surface area contributed by atoms with E-state index in [9.17, 15) is 14.4 Å². The highest BCUT2D eigenvalue weighted by Gasteiger charge is 2.21. The molecule has 11 nitrogen and oxygen atoms in total. The van der Waals surface area contributed by atoms with Gasteiger partial charge in [0.2, 0.25) is 19.5 Å². The van der Waals surface area contributed by atoms with E-state index in [4.69, 9.17) is 23.9 Å². The molecule has 0 bridgehead atoms. The number of nitrogens with one attached hydrogen (secondary N) is 1. The highest BCUT2D eigenvalue weighted by molar-refractivity contribution is 7.99. The van der Waals surface area contributed by atoms with Gasteiger partial charge < -0.3 is 29.2 Å². The standard InChI is InChI=1S/C31H30N4O7S/c1-3-34(4-2)28(36)16-43-31-33-23-13-27-26(41-18-42-27)12-22(23)30(38)35(31)15-19-5-8-21(9-6-19)29(37)32-14-20-7-10-24-25(11-20)40-17-39-24/h5-13H,3-4,14-18H2,1-2H3,(H,32,37). The molecule has 0 spiro atoms. The van der Waals surface area contributed by atoms with Gasteiger partial charge in [-0.05, 0) is 55.3 Å². The molecule has 0 atom stereocenters. The molecule has 4 aromatic rings. The minimum atomic E-state index is -0.258. The van der Waals surface area contributed by atoms with Crippen LogP contribution in [0.15, 0.2) is 64.5 Å². The highest BCUT2D eigenvalue weighted by atomic mass is 32.2. The van der Waals surface area contributed by atoms with E-state index in [1.807, 2.05) is 32.0 Å². The lowest BCUT2D eigenvalue weighted by Crippen LogP contribution is -2.32. The van der Waals surface area contributed by atoms with Gasteiger partial charge in [0, 0.05) is 31.3 Å². The zero-order valence-electron chi connectivity index (χ0n) is 23.8. The second-order valence-corrected chi connectivity index (χ2v) is 10.9. The number of nitrogens with zero attached hydrogens (tertiary/aromatic N) is 3. The Morgan fingerprint density at radius 2 is 1.53 bits per heavy atom. The molecule has 2 aliphatic heterocycles. The Balaban J connectivity index is 1.21. The van der Waals surface area contributed by atoms with Crippen molar-refractivity contribution in [3.63, 3.8) is 0 Å². The summed E-state index contributed by atoms with van der Waals surface area (Å²) in [6, 6.07) is 15.9. The molecule has 12 heteroatoms. The SMILES string of the molecule is CCN(CC)C(=O)CSc1nc2cc3c(cc2c(=O)n1Cc1ccc(C(=O)NCc2ccc4c(c2)OCO4)cc1)OCO3. The number of fused-ring (bicyclic) bond motifs is 3.